The molecular formula is C11H7F3N2O2S. The van der Waals surface area contributed by atoms with Crippen molar-refractivity contribution in [3.8, 4) is 10.6 Å². The number of aromatic carboxylic acids is 1. The van der Waals surface area contributed by atoms with E-state index in [0.717, 1.165) is 6.07 Å². The second kappa shape index (κ2) is 4.54. The van der Waals surface area contributed by atoms with Gasteiger partial charge in [0, 0.05) is 5.56 Å². The highest BCUT2D eigenvalue weighted by Crippen LogP contribution is 2.39. The van der Waals surface area contributed by atoms with Gasteiger partial charge in [-0.05, 0) is 6.07 Å². The predicted octanol–water partition coefficient (Wildman–Crippen LogP) is 3.11. The van der Waals surface area contributed by atoms with Gasteiger partial charge in [-0.25, -0.2) is 9.78 Å². The zero-order chi connectivity index (χ0) is 14.2. The van der Waals surface area contributed by atoms with E-state index in [2.05, 4.69) is 4.98 Å². The average Bonchev–Trinajstić information content (AvgIpc) is 2.70. The lowest BCUT2D eigenvalue weighted by atomic mass is 10.1. The summed E-state index contributed by atoms with van der Waals surface area (Å²) in [7, 11) is 0. The van der Waals surface area contributed by atoms with E-state index in [4.69, 9.17) is 10.8 Å². The molecule has 0 atom stereocenters. The number of alkyl halides is 3. The Morgan fingerprint density at radius 2 is 1.95 bits per heavy atom. The number of hydrogen-bond acceptors (Lipinski definition) is 4. The maximum Gasteiger partial charge on any atom is 0.417 e. The Morgan fingerprint density at radius 3 is 2.47 bits per heavy atom. The Kier molecular flexibility index (Phi) is 3.19. The van der Waals surface area contributed by atoms with Crippen LogP contribution in [0.25, 0.3) is 10.6 Å². The van der Waals surface area contributed by atoms with Crippen molar-refractivity contribution in [2.45, 2.75) is 6.18 Å². The fraction of sp³-hybridized carbons (Fsp3) is 0.0909. The first-order chi connectivity index (χ1) is 8.80. The lowest BCUT2D eigenvalue weighted by molar-refractivity contribution is -0.137. The van der Waals surface area contributed by atoms with Crippen LogP contribution in [0.15, 0.2) is 24.3 Å². The summed E-state index contributed by atoms with van der Waals surface area (Å²) in [5.74, 6) is -1.37. The minimum Gasteiger partial charge on any atom is -0.476 e. The molecule has 0 aliphatic carbocycles. The third kappa shape index (κ3) is 2.53. The van der Waals surface area contributed by atoms with Crippen LogP contribution in [-0.4, -0.2) is 16.1 Å². The molecule has 0 unspecified atom stereocenters. The zero-order valence-electron chi connectivity index (χ0n) is 9.23. The van der Waals surface area contributed by atoms with Crippen LogP contribution in [0, 0.1) is 0 Å². The minimum absolute atomic E-state index is 0.0668. The van der Waals surface area contributed by atoms with E-state index in [-0.39, 0.29) is 15.6 Å². The second-order valence-electron chi connectivity index (χ2n) is 3.58. The summed E-state index contributed by atoms with van der Waals surface area (Å²) in [5, 5.41) is 8.60. The van der Waals surface area contributed by atoms with Gasteiger partial charge in [0.1, 0.15) is 10.0 Å². The number of thiazole rings is 1. The first-order valence-corrected chi connectivity index (χ1v) is 5.78. The molecule has 4 nitrogen and oxygen atoms in total. The molecule has 8 heteroatoms. The van der Waals surface area contributed by atoms with Crippen molar-refractivity contribution in [3.05, 3.63) is 35.5 Å². The van der Waals surface area contributed by atoms with E-state index in [0.29, 0.717) is 11.3 Å². The lowest BCUT2D eigenvalue weighted by Crippen LogP contribution is -2.07. The van der Waals surface area contributed by atoms with Gasteiger partial charge in [-0.3, -0.25) is 0 Å². The SMILES string of the molecule is Nc1sc(-c2ccccc2C(F)(F)F)nc1C(=O)O. The number of nitrogens with two attached hydrogens (primary N) is 1. The van der Waals surface area contributed by atoms with Crippen LogP contribution in [-0.2, 0) is 6.18 Å². The summed E-state index contributed by atoms with van der Waals surface area (Å²) in [4.78, 5) is 14.4. The second-order valence-corrected chi connectivity index (χ2v) is 4.61. The van der Waals surface area contributed by atoms with Crippen LogP contribution >= 0.6 is 11.3 Å². The average molecular weight is 288 g/mol. The summed E-state index contributed by atoms with van der Waals surface area (Å²) in [6.07, 6.45) is -4.54. The quantitative estimate of drug-likeness (QED) is 0.890. The van der Waals surface area contributed by atoms with Gasteiger partial charge in [-0.2, -0.15) is 13.2 Å². The third-order valence-electron chi connectivity index (χ3n) is 2.32. The minimum atomic E-state index is -4.54. The molecule has 0 amide bonds. The first kappa shape index (κ1) is 13.3. The maximum atomic E-state index is 12.8. The van der Waals surface area contributed by atoms with Gasteiger partial charge in [0.05, 0.1) is 5.56 Å². The Bertz CT molecular complexity index is 637. The summed E-state index contributed by atoms with van der Waals surface area (Å²) in [6, 6.07) is 4.81. The van der Waals surface area contributed by atoms with Crippen molar-refractivity contribution in [2.75, 3.05) is 5.73 Å². The Labute approximate surface area is 109 Å². The molecule has 0 radical (unpaired) electrons. The standard InChI is InChI=1S/C11H7F3N2O2S/c12-11(13,14)6-4-2-1-3-5(6)9-16-7(10(17)18)8(15)19-9/h1-4H,15H2,(H,17,18). The van der Waals surface area contributed by atoms with Crippen molar-refractivity contribution in [1.82, 2.24) is 4.98 Å². The van der Waals surface area contributed by atoms with Crippen molar-refractivity contribution in [1.29, 1.82) is 0 Å². The molecule has 1 aromatic carbocycles. The van der Waals surface area contributed by atoms with Gasteiger partial charge in [-0.15, -0.1) is 0 Å². The molecule has 0 saturated heterocycles. The fourth-order valence-corrected chi connectivity index (χ4v) is 2.38. The highest BCUT2D eigenvalue weighted by Gasteiger charge is 2.34. The molecule has 3 N–H and O–H groups in total. The first-order valence-electron chi connectivity index (χ1n) is 4.97. The van der Waals surface area contributed by atoms with Crippen LogP contribution in [0.3, 0.4) is 0 Å². The van der Waals surface area contributed by atoms with Gasteiger partial charge >= 0.3 is 12.1 Å². The van der Waals surface area contributed by atoms with Gasteiger partial charge < -0.3 is 10.8 Å². The van der Waals surface area contributed by atoms with Crippen molar-refractivity contribution < 1.29 is 23.1 Å². The highest BCUT2D eigenvalue weighted by atomic mass is 32.1. The van der Waals surface area contributed by atoms with Gasteiger partial charge in [0.15, 0.2) is 5.69 Å². The molecule has 0 aliphatic rings. The van der Waals surface area contributed by atoms with Crippen molar-refractivity contribution >= 4 is 22.3 Å². The van der Waals surface area contributed by atoms with E-state index >= 15 is 0 Å². The van der Waals surface area contributed by atoms with Crippen molar-refractivity contribution in [3.63, 3.8) is 0 Å². The molecule has 0 spiro atoms. The Balaban J connectivity index is 2.60. The number of aromatic nitrogens is 1. The molecule has 0 fully saturated rings. The van der Waals surface area contributed by atoms with Gasteiger partial charge in [-0.1, -0.05) is 29.5 Å². The molecule has 2 aromatic rings. The number of nitrogens with zero attached hydrogens (tertiary/aromatic N) is 1. The smallest absolute Gasteiger partial charge is 0.417 e. The van der Waals surface area contributed by atoms with E-state index in [9.17, 15) is 18.0 Å². The zero-order valence-corrected chi connectivity index (χ0v) is 10.0. The summed E-state index contributed by atoms with van der Waals surface area (Å²) in [5.41, 5.74) is 3.94. The summed E-state index contributed by atoms with van der Waals surface area (Å²) in [6.45, 7) is 0. The molecule has 100 valence electrons. The molecular weight excluding hydrogens is 281 g/mol. The van der Waals surface area contributed by atoms with Crippen LogP contribution < -0.4 is 5.73 Å². The Hall–Kier alpha value is -2.09. The van der Waals surface area contributed by atoms with E-state index in [1.165, 1.54) is 18.2 Å². The Morgan fingerprint density at radius 1 is 1.32 bits per heavy atom. The topological polar surface area (TPSA) is 76.2 Å². The molecule has 19 heavy (non-hydrogen) atoms. The molecule has 0 aliphatic heterocycles. The number of carboxylic acid groups (broad SMARTS) is 1. The number of carboxylic acids is 1. The van der Waals surface area contributed by atoms with Crippen LogP contribution in [0.1, 0.15) is 16.1 Å². The summed E-state index contributed by atoms with van der Waals surface area (Å²) < 4.78 is 38.5. The third-order valence-corrected chi connectivity index (χ3v) is 3.24. The fourth-order valence-electron chi connectivity index (χ4n) is 1.52. The molecule has 0 saturated carbocycles. The van der Waals surface area contributed by atoms with E-state index in [1.807, 2.05) is 0 Å². The van der Waals surface area contributed by atoms with Gasteiger partial charge in [0.2, 0.25) is 0 Å². The molecule has 0 bridgehead atoms. The molecule has 2 rings (SSSR count). The highest BCUT2D eigenvalue weighted by molar-refractivity contribution is 7.19. The largest absolute Gasteiger partial charge is 0.476 e. The van der Waals surface area contributed by atoms with Crippen molar-refractivity contribution in [2.24, 2.45) is 0 Å². The number of hydrogen-bond donors (Lipinski definition) is 2. The predicted molar refractivity (Wildman–Crippen MR) is 63.9 cm³/mol. The number of halogens is 3. The number of carbonyl (C=O) groups is 1. The number of anilines is 1. The van der Waals surface area contributed by atoms with E-state index < -0.39 is 23.4 Å². The van der Waals surface area contributed by atoms with Crippen LogP contribution in [0.4, 0.5) is 18.2 Å². The number of nitrogen functional groups attached to an aromatic ring is 1. The lowest BCUT2D eigenvalue weighted by Gasteiger charge is -2.10. The number of benzene rings is 1. The van der Waals surface area contributed by atoms with Gasteiger partial charge in [0.25, 0.3) is 0 Å². The monoisotopic (exact) mass is 288 g/mol. The van der Waals surface area contributed by atoms with Crippen LogP contribution in [0.5, 0.6) is 0 Å². The summed E-state index contributed by atoms with van der Waals surface area (Å²) >= 11 is 0.712. The maximum absolute atomic E-state index is 12.8. The molecule has 1 aromatic heterocycles. The van der Waals surface area contributed by atoms with Crippen LogP contribution in [0.2, 0.25) is 0 Å². The normalized spacial score (nSPS) is 11.5. The number of rotatable bonds is 2. The molecule has 1 heterocycles. The van der Waals surface area contributed by atoms with E-state index in [1.54, 1.807) is 0 Å².